The molecule has 0 aliphatic heterocycles. The number of ketones is 2. The van der Waals surface area contributed by atoms with Gasteiger partial charge in [0.15, 0.2) is 0 Å². The number of rotatable bonds is 2. The lowest BCUT2D eigenvalue weighted by Gasteiger charge is -2.57. The lowest BCUT2D eigenvalue weighted by Crippen LogP contribution is -2.73. The molecule has 5 aliphatic carbocycles. The molecule has 0 aromatic rings. The standard InChI is InChI=1S/C13H10Cl4O4/c1-20-13(21-2)11(16)5-6-8(19)4-3(7(5)18)9(11,14)10(4,15)12(6,13)17/h3-6H,1-2H3/t3-,4+,5-,6-,9+,10+,11+,12-/m0/s1. The Labute approximate surface area is 140 Å². The Morgan fingerprint density at radius 1 is 0.714 bits per heavy atom. The maximum absolute atomic E-state index is 12.7. The molecule has 8 atom stereocenters. The fourth-order valence-corrected chi connectivity index (χ4v) is 9.60. The number of methoxy groups -OCH3 is 2. The van der Waals surface area contributed by atoms with Crippen LogP contribution in [-0.2, 0) is 19.1 Å². The minimum Gasteiger partial charge on any atom is -0.350 e. The first kappa shape index (κ1) is 13.8. The second-order valence-electron chi connectivity index (χ2n) is 6.59. The molecule has 5 fully saturated rings. The van der Waals surface area contributed by atoms with Crippen molar-refractivity contribution >= 4 is 58.0 Å². The SMILES string of the molecule is COC1(OC)[C@]2(Cl)[C@@H]3C(=O)[C@H]4[C@H]5C(=O)[C@H]3[C@@]1(Cl)[C@]5(Cl)[C@]42Cl. The Balaban J connectivity index is 1.99. The predicted molar refractivity (Wildman–Crippen MR) is 75.1 cm³/mol. The van der Waals surface area contributed by atoms with E-state index in [4.69, 9.17) is 55.9 Å². The summed E-state index contributed by atoms with van der Waals surface area (Å²) in [4.78, 5) is 19.9. The minimum absolute atomic E-state index is 0.135. The highest BCUT2D eigenvalue weighted by atomic mass is 35.5. The number of carbonyl (C=O) groups excluding carboxylic acids is 2. The number of Topliss-reactive ketones (excluding diaryl/α,β-unsaturated/α-hetero) is 2. The molecule has 0 saturated heterocycles. The molecule has 0 radical (unpaired) electrons. The molecule has 8 heteroatoms. The first-order valence-corrected chi connectivity index (χ1v) is 8.13. The summed E-state index contributed by atoms with van der Waals surface area (Å²) in [6.45, 7) is 0. The number of hydrogen-bond acceptors (Lipinski definition) is 4. The Hall–Kier alpha value is 0.420. The molecule has 5 aliphatic rings. The van der Waals surface area contributed by atoms with E-state index in [1.807, 2.05) is 0 Å². The van der Waals surface area contributed by atoms with Crippen LogP contribution in [0.4, 0.5) is 0 Å². The molecular formula is C13H10Cl4O4. The van der Waals surface area contributed by atoms with Gasteiger partial charge in [0, 0.05) is 14.2 Å². The second-order valence-corrected chi connectivity index (χ2v) is 8.97. The maximum Gasteiger partial charge on any atom is 0.211 e. The summed E-state index contributed by atoms with van der Waals surface area (Å²) in [5.41, 5.74) is 0. The highest BCUT2D eigenvalue weighted by Gasteiger charge is 3.12. The topological polar surface area (TPSA) is 52.6 Å². The van der Waals surface area contributed by atoms with Crippen molar-refractivity contribution in [3.63, 3.8) is 0 Å². The zero-order chi connectivity index (χ0) is 15.4. The van der Waals surface area contributed by atoms with Gasteiger partial charge in [-0.3, -0.25) is 9.59 Å². The van der Waals surface area contributed by atoms with E-state index in [1.165, 1.54) is 14.2 Å². The summed E-state index contributed by atoms with van der Waals surface area (Å²) in [6.07, 6.45) is 0. The molecule has 0 N–H and O–H groups in total. The number of halogens is 4. The van der Waals surface area contributed by atoms with E-state index in [0.29, 0.717) is 0 Å². The van der Waals surface area contributed by atoms with Gasteiger partial charge in [0.25, 0.3) is 0 Å². The molecule has 0 aromatic heterocycles. The Morgan fingerprint density at radius 2 is 1.00 bits per heavy atom. The van der Waals surface area contributed by atoms with E-state index < -0.39 is 49.0 Å². The van der Waals surface area contributed by atoms with Crippen LogP contribution in [0, 0.1) is 23.7 Å². The molecule has 4 nitrogen and oxygen atoms in total. The molecule has 0 spiro atoms. The van der Waals surface area contributed by atoms with Gasteiger partial charge in [-0.2, -0.15) is 0 Å². The van der Waals surface area contributed by atoms with Gasteiger partial charge in [-0.05, 0) is 0 Å². The molecular weight excluding hydrogens is 362 g/mol. The first-order valence-electron chi connectivity index (χ1n) is 6.61. The number of alkyl halides is 4. The number of ether oxygens (including phenoxy) is 2. The van der Waals surface area contributed by atoms with Crippen molar-refractivity contribution in [1.29, 1.82) is 0 Å². The largest absolute Gasteiger partial charge is 0.350 e. The van der Waals surface area contributed by atoms with Crippen LogP contribution in [0.5, 0.6) is 0 Å². The van der Waals surface area contributed by atoms with Crippen LogP contribution < -0.4 is 0 Å². The van der Waals surface area contributed by atoms with Gasteiger partial charge in [-0.25, -0.2) is 0 Å². The third kappa shape index (κ3) is 0.701. The number of fused-ring (bicyclic) bond motifs is 2. The van der Waals surface area contributed by atoms with E-state index in [0.717, 1.165) is 0 Å². The predicted octanol–water partition coefficient (Wildman–Crippen LogP) is 1.56. The highest BCUT2D eigenvalue weighted by molar-refractivity contribution is 6.56. The van der Waals surface area contributed by atoms with Gasteiger partial charge in [0.1, 0.15) is 31.1 Å². The zero-order valence-electron chi connectivity index (χ0n) is 11.0. The van der Waals surface area contributed by atoms with Gasteiger partial charge in [0.2, 0.25) is 5.79 Å². The molecule has 0 heterocycles. The van der Waals surface area contributed by atoms with E-state index in [-0.39, 0.29) is 11.6 Å². The molecule has 0 aromatic carbocycles. The van der Waals surface area contributed by atoms with Crippen LogP contribution in [-0.4, -0.2) is 51.1 Å². The summed E-state index contributed by atoms with van der Waals surface area (Å²) in [7, 11) is 2.77. The molecule has 114 valence electrons. The smallest absolute Gasteiger partial charge is 0.211 e. The van der Waals surface area contributed by atoms with E-state index in [9.17, 15) is 9.59 Å². The second kappa shape index (κ2) is 3.03. The van der Waals surface area contributed by atoms with Gasteiger partial charge in [-0.15, -0.1) is 46.4 Å². The summed E-state index contributed by atoms with van der Waals surface area (Å²) in [5.74, 6) is -4.86. The van der Waals surface area contributed by atoms with Crippen LogP contribution in [0.15, 0.2) is 0 Å². The van der Waals surface area contributed by atoms with Crippen molar-refractivity contribution in [3.05, 3.63) is 0 Å². The Bertz CT molecular complexity index is 613. The lowest BCUT2D eigenvalue weighted by molar-refractivity contribution is -0.224. The van der Waals surface area contributed by atoms with E-state index in [2.05, 4.69) is 0 Å². The monoisotopic (exact) mass is 370 g/mol. The van der Waals surface area contributed by atoms with Crippen molar-refractivity contribution in [2.45, 2.75) is 25.3 Å². The van der Waals surface area contributed by atoms with Gasteiger partial charge in [0.05, 0.1) is 23.7 Å². The summed E-state index contributed by atoms with van der Waals surface area (Å²) in [6, 6.07) is 0. The van der Waals surface area contributed by atoms with Crippen molar-refractivity contribution in [2.24, 2.45) is 23.7 Å². The van der Waals surface area contributed by atoms with Crippen LogP contribution >= 0.6 is 46.4 Å². The van der Waals surface area contributed by atoms with Crippen LogP contribution in [0.3, 0.4) is 0 Å². The average molecular weight is 372 g/mol. The fraction of sp³-hybridized carbons (Fsp3) is 0.846. The normalized spacial score (nSPS) is 67.3. The van der Waals surface area contributed by atoms with Crippen molar-refractivity contribution in [1.82, 2.24) is 0 Å². The van der Waals surface area contributed by atoms with Crippen molar-refractivity contribution in [3.8, 4) is 0 Å². The maximum atomic E-state index is 12.7. The van der Waals surface area contributed by atoms with Gasteiger partial charge in [-0.1, -0.05) is 0 Å². The molecule has 5 saturated carbocycles. The third-order valence-corrected chi connectivity index (χ3v) is 10.2. The Kier molecular flexibility index (Phi) is 1.99. The molecule has 2 bridgehead atoms. The molecule has 0 unspecified atom stereocenters. The van der Waals surface area contributed by atoms with Crippen LogP contribution in [0.25, 0.3) is 0 Å². The van der Waals surface area contributed by atoms with Gasteiger partial charge < -0.3 is 9.47 Å². The average Bonchev–Trinajstić information content (AvgIpc) is 2.73. The van der Waals surface area contributed by atoms with Crippen molar-refractivity contribution < 1.29 is 19.1 Å². The summed E-state index contributed by atoms with van der Waals surface area (Å²) in [5, 5.41) is 0. The number of carbonyl (C=O) groups is 2. The number of hydrogen-bond donors (Lipinski definition) is 0. The molecule has 21 heavy (non-hydrogen) atoms. The van der Waals surface area contributed by atoms with Crippen LogP contribution in [0.1, 0.15) is 0 Å². The minimum atomic E-state index is -1.58. The third-order valence-electron chi connectivity index (χ3n) is 6.73. The lowest BCUT2D eigenvalue weighted by atomic mass is 9.57. The first-order chi connectivity index (χ1) is 9.68. The quantitative estimate of drug-likeness (QED) is 0.546. The molecule has 0 amide bonds. The highest BCUT2D eigenvalue weighted by Crippen LogP contribution is 2.95. The van der Waals surface area contributed by atoms with E-state index >= 15 is 0 Å². The summed E-state index contributed by atoms with van der Waals surface area (Å²) < 4.78 is 11.2. The fourth-order valence-electron chi connectivity index (χ4n) is 6.37. The summed E-state index contributed by atoms with van der Waals surface area (Å²) >= 11 is 27.4. The van der Waals surface area contributed by atoms with E-state index in [1.54, 1.807) is 0 Å². The molecule has 5 rings (SSSR count). The Morgan fingerprint density at radius 3 is 1.29 bits per heavy atom. The van der Waals surface area contributed by atoms with Crippen LogP contribution in [0.2, 0.25) is 0 Å². The van der Waals surface area contributed by atoms with Crippen molar-refractivity contribution in [2.75, 3.05) is 14.2 Å². The zero-order valence-corrected chi connectivity index (χ0v) is 14.0. The van der Waals surface area contributed by atoms with Gasteiger partial charge >= 0.3 is 0 Å².